The van der Waals surface area contributed by atoms with E-state index in [4.69, 9.17) is 0 Å². The average Bonchev–Trinajstić information content (AvgIpc) is 0. The summed E-state index contributed by atoms with van der Waals surface area (Å²) in [4.78, 5) is 0. The summed E-state index contributed by atoms with van der Waals surface area (Å²) in [5.41, 5.74) is 0. The molecule has 4 radical (unpaired) electrons. The summed E-state index contributed by atoms with van der Waals surface area (Å²) in [5.74, 6) is 0. The standard InChI is InChI=1S/Cu.2H2O.H2S.Sb/h;3*1H2;/p-3. The van der Waals surface area contributed by atoms with Gasteiger partial charge in [0.15, 0.2) is 0 Å². The summed E-state index contributed by atoms with van der Waals surface area (Å²) >= 11 is 0. The molecule has 0 aliphatic carbocycles. The van der Waals surface area contributed by atoms with Crippen LogP contribution >= 0.6 is 0 Å². The first-order valence-corrected chi connectivity index (χ1v) is 0. The van der Waals surface area contributed by atoms with Crippen molar-refractivity contribution in [3.05, 3.63) is 0 Å². The van der Waals surface area contributed by atoms with Gasteiger partial charge in [0, 0.05) is 41.5 Å². The largest absolute Gasteiger partial charge is 0.870 e. The van der Waals surface area contributed by atoms with Gasteiger partial charge in [-0.1, -0.05) is 0 Å². The van der Waals surface area contributed by atoms with Crippen LogP contribution in [-0.4, -0.2) is 35.4 Å². The summed E-state index contributed by atoms with van der Waals surface area (Å²) in [6.07, 6.45) is 0. The van der Waals surface area contributed by atoms with Crippen molar-refractivity contribution in [1.82, 2.24) is 0 Å². The summed E-state index contributed by atoms with van der Waals surface area (Å²) in [5, 5.41) is 0. The molecule has 0 aliphatic rings. The SMILES string of the molecule is [Cu].[OH-].[OH-].[SH-].[Sb]. The van der Waals surface area contributed by atoms with Crippen LogP contribution in [0.5, 0.6) is 0 Å². The molecule has 0 atom stereocenters. The van der Waals surface area contributed by atoms with Gasteiger partial charge in [-0.25, -0.2) is 0 Å². The van der Waals surface area contributed by atoms with E-state index in [0.29, 0.717) is 0 Å². The van der Waals surface area contributed by atoms with E-state index >= 15 is 0 Å². The minimum Gasteiger partial charge on any atom is -0.870 e. The first kappa shape index (κ1) is 80.4. The molecule has 2 nitrogen and oxygen atoms in total. The van der Waals surface area contributed by atoms with E-state index < -0.39 is 0 Å². The Kier molecular flexibility index (Phi) is 741. The van der Waals surface area contributed by atoms with Crippen LogP contribution in [0.3, 0.4) is 0 Å². The minimum atomic E-state index is 0. The van der Waals surface area contributed by atoms with Gasteiger partial charge in [-0.2, -0.15) is 0 Å². The van der Waals surface area contributed by atoms with Gasteiger partial charge in [0.1, 0.15) is 0 Å². The molecule has 0 rings (SSSR count). The first-order valence-electron chi connectivity index (χ1n) is 0. The number of rotatable bonds is 0. The summed E-state index contributed by atoms with van der Waals surface area (Å²) in [6.45, 7) is 0. The molecule has 0 saturated carbocycles. The molecule has 0 unspecified atom stereocenters. The van der Waals surface area contributed by atoms with Crippen molar-refractivity contribution in [3.63, 3.8) is 0 Å². The molecule has 2 N–H and O–H groups in total. The van der Waals surface area contributed by atoms with Gasteiger partial charge in [-0.05, 0) is 0 Å². The predicted molar refractivity (Wildman–Crippen MR) is 18.4 cm³/mol. The van der Waals surface area contributed by atoms with Gasteiger partial charge in [0.05, 0.1) is 0 Å². The maximum absolute atomic E-state index is 0. The molecule has 0 spiro atoms. The Bertz CT molecular complexity index is 9.61. The molecular formula is H3CuO2SSb-3. The molecule has 0 saturated heterocycles. The van der Waals surface area contributed by atoms with Crippen LogP contribution in [0.4, 0.5) is 0 Å². The molecule has 0 amide bonds. The zero-order valence-corrected chi connectivity index (χ0v) is 6.48. The third-order valence-corrected chi connectivity index (χ3v) is 0. The smallest absolute Gasteiger partial charge is 0 e. The number of hydrogen-bond acceptors (Lipinski definition) is 3. The van der Waals surface area contributed by atoms with Crippen molar-refractivity contribution < 1.29 is 28.0 Å². The van der Waals surface area contributed by atoms with Crippen LogP contribution in [0.2, 0.25) is 0 Å². The monoisotopic (exact) mass is 251 g/mol. The average molecular weight is 252 g/mol. The molecule has 0 bridgehead atoms. The molecular weight excluding hydrogens is 249 g/mol. The molecule has 0 aromatic heterocycles. The fourth-order valence-electron chi connectivity index (χ4n) is 0. The Morgan fingerprint density at radius 3 is 0.800 bits per heavy atom. The quantitative estimate of drug-likeness (QED) is 0.315. The normalized spacial score (nSPS) is 0. The second kappa shape index (κ2) is 46.1. The van der Waals surface area contributed by atoms with Crippen molar-refractivity contribution >= 4 is 37.9 Å². The van der Waals surface area contributed by atoms with E-state index in [1.165, 1.54) is 0 Å². The van der Waals surface area contributed by atoms with Gasteiger partial charge in [0.25, 0.3) is 0 Å². The van der Waals surface area contributed by atoms with Crippen molar-refractivity contribution in [2.24, 2.45) is 0 Å². The zero-order chi connectivity index (χ0) is 0. The van der Waals surface area contributed by atoms with Crippen LogP contribution in [0, 0.1) is 0 Å². The zero-order valence-electron chi connectivity index (χ0n) is 2.09. The Hall–Kier alpha value is 1.61. The molecule has 0 heterocycles. The maximum atomic E-state index is 0. The minimum absolute atomic E-state index is 0. The van der Waals surface area contributed by atoms with Crippen molar-refractivity contribution in [1.29, 1.82) is 0 Å². The topological polar surface area (TPSA) is 60.0 Å². The van der Waals surface area contributed by atoms with Crippen LogP contribution in [0.1, 0.15) is 0 Å². The Morgan fingerprint density at radius 2 is 0.800 bits per heavy atom. The van der Waals surface area contributed by atoms with Gasteiger partial charge in [-0.15, -0.1) is 0 Å². The van der Waals surface area contributed by atoms with E-state index in [0.717, 1.165) is 0 Å². The number of thiol groups is 1. The van der Waals surface area contributed by atoms with Crippen LogP contribution < -0.4 is 0 Å². The second-order valence-corrected chi connectivity index (χ2v) is 0. The van der Waals surface area contributed by atoms with E-state index in [1.54, 1.807) is 0 Å². The fraction of sp³-hybridized carbons (Fsp3) is 0. The summed E-state index contributed by atoms with van der Waals surface area (Å²) < 4.78 is 0. The third kappa shape index (κ3) is 28.2. The number of hydrogen-bond donors (Lipinski definition) is 0. The van der Waals surface area contributed by atoms with E-state index in [-0.39, 0.29) is 65.9 Å². The van der Waals surface area contributed by atoms with Crippen molar-refractivity contribution in [2.75, 3.05) is 0 Å². The van der Waals surface area contributed by atoms with Gasteiger partial charge >= 0.3 is 0 Å². The van der Waals surface area contributed by atoms with E-state index in [1.807, 2.05) is 0 Å². The Morgan fingerprint density at radius 1 is 0.800 bits per heavy atom. The van der Waals surface area contributed by atoms with Crippen molar-refractivity contribution in [3.8, 4) is 0 Å². The summed E-state index contributed by atoms with van der Waals surface area (Å²) in [6, 6.07) is 0. The van der Waals surface area contributed by atoms with Crippen molar-refractivity contribution in [2.45, 2.75) is 0 Å². The molecule has 0 fully saturated rings. The maximum Gasteiger partial charge on any atom is 0 e. The van der Waals surface area contributed by atoms with Gasteiger partial charge in [-0.3, -0.25) is 0 Å². The third-order valence-electron chi connectivity index (χ3n) is 0. The summed E-state index contributed by atoms with van der Waals surface area (Å²) in [7, 11) is 0. The van der Waals surface area contributed by atoms with E-state index in [2.05, 4.69) is 0 Å². The molecule has 40 valence electrons. The van der Waals surface area contributed by atoms with Crippen LogP contribution in [0.15, 0.2) is 0 Å². The second-order valence-electron chi connectivity index (χ2n) is 0. The predicted octanol–water partition coefficient (Wildman–Crippen LogP) is -1.01. The molecule has 0 aromatic rings. The first-order chi connectivity index (χ1) is 0. The van der Waals surface area contributed by atoms with Crippen LogP contribution in [-0.2, 0) is 30.6 Å². The Labute approximate surface area is 65.7 Å². The molecule has 5 heteroatoms. The fourth-order valence-corrected chi connectivity index (χ4v) is 0. The van der Waals surface area contributed by atoms with Gasteiger partial charge < -0.3 is 24.4 Å². The van der Waals surface area contributed by atoms with Crippen LogP contribution in [0.25, 0.3) is 0 Å². The molecule has 5 heavy (non-hydrogen) atoms. The Balaban J connectivity index is 0. The van der Waals surface area contributed by atoms with E-state index in [9.17, 15) is 0 Å². The molecule has 0 aliphatic heterocycles. The van der Waals surface area contributed by atoms with Gasteiger partial charge in [0.2, 0.25) is 0 Å². The molecule has 0 aromatic carbocycles.